The number of aromatic carboxylic acids is 1. The molecule has 0 aliphatic rings. The fraction of sp³-hybridized carbons (Fsp3) is 0.250. The molecule has 4 nitrogen and oxygen atoms in total. The maximum absolute atomic E-state index is 11.0. The number of H-pyrrole nitrogens is 1. The summed E-state index contributed by atoms with van der Waals surface area (Å²) < 4.78 is 0. The number of rotatable bonds is 3. The van der Waals surface area contributed by atoms with E-state index in [9.17, 15) is 4.79 Å². The van der Waals surface area contributed by atoms with E-state index in [1.807, 2.05) is 31.1 Å². The molecule has 0 unspecified atom stereocenters. The van der Waals surface area contributed by atoms with Crippen molar-refractivity contribution in [3.8, 4) is 0 Å². The first kappa shape index (κ1) is 10.7. The first-order valence-electron chi connectivity index (χ1n) is 5.06. The Hall–Kier alpha value is -1.81. The van der Waals surface area contributed by atoms with Gasteiger partial charge in [0.05, 0.1) is 11.1 Å². The van der Waals surface area contributed by atoms with Crippen molar-refractivity contribution < 1.29 is 9.90 Å². The van der Waals surface area contributed by atoms with Crippen molar-refractivity contribution >= 4 is 16.9 Å². The van der Waals surface area contributed by atoms with Gasteiger partial charge in [-0.3, -0.25) is 0 Å². The van der Waals surface area contributed by atoms with Crippen molar-refractivity contribution in [2.45, 2.75) is 6.54 Å². The third-order valence-corrected chi connectivity index (χ3v) is 2.43. The normalized spacial score (nSPS) is 11.2. The smallest absolute Gasteiger partial charge is 0.337 e. The minimum atomic E-state index is -0.899. The number of carboxylic acid groups (broad SMARTS) is 1. The van der Waals surface area contributed by atoms with E-state index >= 15 is 0 Å². The molecule has 0 spiro atoms. The molecule has 0 saturated heterocycles. The average molecular weight is 218 g/mol. The molecule has 0 amide bonds. The van der Waals surface area contributed by atoms with Crippen LogP contribution in [0.3, 0.4) is 0 Å². The molecule has 1 aromatic carbocycles. The zero-order chi connectivity index (χ0) is 11.7. The summed E-state index contributed by atoms with van der Waals surface area (Å²) in [5.41, 5.74) is 2.04. The number of carboxylic acids is 1. The lowest BCUT2D eigenvalue weighted by atomic mass is 10.1. The van der Waals surface area contributed by atoms with Gasteiger partial charge < -0.3 is 15.0 Å². The number of para-hydroxylation sites is 1. The Balaban J connectivity index is 2.52. The fourth-order valence-electron chi connectivity index (χ4n) is 1.82. The molecule has 0 fully saturated rings. The summed E-state index contributed by atoms with van der Waals surface area (Å²) in [7, 11) is 3.95. The number of fused-ring (bicyclic) bond motifs is 1. The van der Waals surface area contributed by atoms with Gasteiger partial charge in [0, 0.05) is 17.6 Å². The maximum atomic E-state index is 11.0. The highest BCUT2D eigenvalue weighted by Crippen LogP contribution is 2.20. The Labute approximate surface area is 93.5 Å². The van der Waals surface area contributed by atoms with Gasteiger partial charge in [-0.1, -0.05) is 12.1 Å². The van der Waals surface area contributed by atoms with Crippen molar-refractivity contribution in [2.75, 3.05) is 14.1 Å². The second-order valence-corrected chi connectivity index (χ2v) is 4.11. The highest BCUT2D eigenvalue weighted by molar-refractivity contribution is 6.02. The van der Waals surface area contributed by atoms with Crippen LogP contribution in [-0.2, 0) is 6.54 Å². The second-order valence-electron chi connectivity index (χ2n) is 4.11. The molecule has 2 N–H and O–H groups in total. The van der Waals surface area contributed by atoms with Crippen molar-refractivity contribution in [1.29, 1.82) is 0 Å². The summed E-state index contributed by atoms with van der Waals surface area (Å²) in [5.74, 6) is -0.899. The SMILES string of the molecule is CN(C)Cc1cc2cccc(C(=O)O)c2[nH]1. The van der Waals surface area contributed by atoms with Crippen LogP contribution in [0, 0.1) is 0 Å². The molecule has 0 aliphatic carbocycles. The molecule has 2 rings (SSSR count). The molecule has 0 saturated carbocycles. The van der Waals surface area contributed by atoms with Gasteiger partial charge in [0.25, 0.3) is 0 Å². The highest BCUT2D eigenvalue weighted by atomic mass is 16.4. The molecule has 16 heavy (non-hydrogen) atoms. The molecular weight excluding hydrogens is 204 g/mol. The van der Waals surface area contributed by atoms with Crippen LogP contribution < -0.4 is 0 Å². The van der Waals surface area contributed by atoms with Gasteiger partial charge in [0.2, 0.25) is 0 Å². The van der Waals surface area contributed by atoms with E-state index in [1.165, 1.54) is 0 Å². The first-order valence-corrected chi connectivity index (χ1v) is 5.06. The molecular formula is C12H14N2O2. The van der Waals surface area contributed by atoms with Gasteiger partial charge in [0.15, 0.2) is 0 Å². The fourth-order valence-corrected chi connectivity index (χ4v) is 1.82. The lowest BCUT2D eigenvalue weighted by Crippen LogP contribution is -2.10. The predicted octanol–water partition coefficient (Wildman–Crippen LogP) is 1.93. The Morgan fingerprint density at radius 3 is 2.81 bits per heavy atom. The zero-order valence-electron chi connectivity index (χ0n) is 9.32. The number of hydrogen-bond acceptors (Lipinski definition) is 2. The summed E-state index contributed by atoms with van der Waals surface area (Å²) in [5, 5.41) is 9.99. The van der Waals surface area contributed by atoms with E-state index in [1.54, 1.807) is 12.1 Å². The Kier molecular flexibility index (Phi) is 2.66. The van der Waals surface area contributed by atoms with Crippen LogP contribution >= 0.6 is 0 Å². The molecule has 0 atom stereocenters. The molecule has 0 bridgehead atoms. The standard InChI is InChI=1S/C12H14N2O2/c1-14(2)7-9-6-8-4-3-5-10(12(15)16)11(8)13-9/h3-6,13H,7H2,1-2H3,(H,15,16). The van der Waals surface area contributed by atoms with E-state index < -0.39 is 5.97 Å². The summed E-state index contributed by atoms with van der Waals surface area (Å²) in [6, 6.07) is 7.28. The second kappa shape index (κ2) is 3.98. The lowest BCUT2D eigenvalue weighted by Gasteiger charge is -2.06. The summed E-state index contributed by atoms with van der Waals surface area (Å²) in [6.07, 6.45) is 0. The van der Waals surface area contributed by atoms with E-state index in [0.29, 0.717) is 11.1 Å². The number of hydrogen-bond donors (Lipinski definition) is 2. The topological polar surface area (TPSA) is 56.3 Å². The summed E-state index contributed by atoms with van der Waals surface area (Å²) >= 11 is 0. The van der Waals surface area contributed by atoms with Gasteiger partial charge in [-0.2, -0.15) is 0 Å². The van der Waals surface area contributed by atoms with Crippen LogP contribution in [0.15, 0.2) is 24.3 Å². The monoisotopic (exact) mass is 218 g/mol. The van der Waals surface area contributed by atoms with Crippen LogP contribution in [0.1, 0.15) is 16.1 Å². The molecule has 84 valence electrons. The minimum absolute atomic E-state index is 0.322. The van der Waals surface area contributed by atoms with Crippen LogP contribution in [0.4, 0.5) is 0 Å². The zero-order valence-corrected chi connectivity index (χ0v) is 9.32. The van der Waals surface area contributed by atoms with Crippen molar-refractivity contribution in [3.05, 3.63) is 35.5 Å². The van der Waals surface area contributed by atoms with Crippen LogP contribution in [0.25, 0.3) is 10.9 Å². The Bertz CT molecular complexity index is 529. The van der Waals surface area contributed by atoms with Crippen molar-refractivity contribution in [1.82, 2.24) is 9.88 Å². The average Bonchev–Trinajstić information content (AvgIpc) is 2.57. The van der Waals surface area contributed by atoms with E-state index in [4.69, 9.17) is 5.11 Å². The molecule has 2 aromatic rings. The number of aromatic nitrogens is 1. The molecule has 1 heterocycles. The quantitative estimate of drug-likeness (QED) is 0.827. The number of nitrogens with one attached hydrogen (secondary N) is 1. The van der Waals surface area contributed by atoms with E-state index in [0.717, 1.165) is 17.6 Å². The van der Waals surface area contributed by atoms with E-state index in [2.05, 4.69) is 4.98 Å². The molecule has 0 radical (unpaired) electrons. The minimum Gasteiger partial charge on any atom is -0.478 e. The van der Waals surface area contributed by atoms with Crippen LogP contribution in [0.2, 0.25) is 0 Å². The van der Waals surface area contributed by atoms with Gasteiger partial charge in [0.1, 0.15) is 0 Å². The number of benzene rings is 1. The van der Waals surface area contributed by atoms with Gasteiger partial charge in [-0.15, -0.1) is 0 Å². The Morgan fingerprint density at radius 2 is 2.19 bits per heavy atom. The van der Waals surface area contributed by atoms with Gasteiger partial charge in [-0.25, -0.2) is 4.79 Å². The molecule has 4 heteroatoms. The first-order chi connectivity index (χ1) is 7.58. The van der Waals surface area contributed by atoms with Crippen molar-refractivity contribution in [3.63, 3.8) is 0 Å². The van der Waals surface area contributed by atoms with Gasteiger partial charge in [-0.05, 0) is 26.2 Å². The Morgan fingerprint density at radius 1 is 1.44 bits per heavy atom. The highest BCUT2D eigenvalue weighted by Gasteiger charge is 2.10. The number of nitrogens with zero attached hydrogens (tertiary/aromatic N) is 1. The number of carbonyl (C=O) groups is 1. The number of aromatic amines is 1. The maximum Gasteiger partial charge on any atom is 0.337 e. The summed E-state index contributed by atoms with van der Waals surface area (Å²) in [6.45, 7) is 0.772. The lowest BCUT2D eigenvalue weighted by molar-refractivity contribution is 0.0699. The summed E-state index contributed by atoms with van der Waals surface area (Å²) in [4.78, 5) is 16.2. The van der Waals surface area contributed by atoms with Crippen LogP contribution in [0.5, 0.6) is 0 Å². The molecule has 0 aliphatic heterocycles. The molecule has 1 aromatic heterocycles. The van der Waals surface area contributed by atoms with E-state index in [-0.39, 0.29) is 0 Å². The van der Waals surface area contributed by atoms with Crippen molar-refractivity contribution in [2.24, 2.45) is 0 Å². The van der Waals surface area contributed by atoms with Gasteiger partial charge >= 0.3 is 5.97 Å². The van der Waals surface area contributed by atoms with Crippen LogP contribution in [-0.4, -0.2) is 35.1 Å². The largest absolute Gasteiger partial charge is 0.478 e. The third kappa shape index (κ3) is 1.92. The third-order valence-electron chi connectivity index (χ3n) is 2.43. The predicted molar refractivity (Wildman–Crippen MR) is 62.6 cm³/mol.